The first-order chi connectivity index (χ1) is 12.4. The van der Waals surface area contributed by atoms with Crippen molar-refractivity contribution in [1.82, 2.24) is 4.31 Å². The van der Waals surface area contributed by atoms with E-state index in [2.05, 4.69) is 34.8 Å². The lowest BCUT2D eigenvalue weighted by Gasteiger charge is -2.30. The third kappa shape index (κ3) is 4.44. The van der Waals surface area contributed by atoms with E-state index in [1.165, 1.54) is 0 Å². The molecule has 7 heteroatoms. The number of piperidine rings is 1. The molecule has 0 aliphatic carbocycles. The Morgan fingerprint density at radius 1 is 1.19 bits per heavy atom. The van der Waals surface area contributed by atoms with Gasteiger partial charge in [-0.25, -0.2) is 8.42 Å². The molecule has 1 saturated heterocycles. The average Bonchev–Trinajstić information content (AvgIpc) is 2.62. The monoisotopic (exact) mass is 484 g/mol. The van der Waals surface area contributed by atoms with Crippen molar-refractivity contribution in [3.63, 3.8) is 0 Å². The van der Waals surface area contributed by atoms with E-state index in [1.807, 2.05) is 12.1 Å². The van der Waals surface area contributed by atoms with Crippen LogP contribution in [-0.4, -0.2) is 31.7 Å². The molecule has 5 nitrogen and oxygen atoms in total. The molecule has 0 bridgehead atoms. The summed E-state index contributed by atoms with van der Waals surface area (Å²) >= 11 is 2.15. The summed E-state index contributed by atoms with van der Waals surface area (Å²) in [4.78, 5) is 12.6. The van der Waals surface area contributed by atoms with Crippen molar-refractivity contribution in [2.24, 2.45) is 5.92 Å². The topological polar surface area (TPSA) is 66.5 Å². The summed E-state index contributed by atoms with van der Waals surface area (Å²) in [6, 6.07) is 13.7. The van der Waals surface area contributed by atoms with E-state index in [4.69, 9.17) is 0 Å². The SMILES string of the molecule is CC1CCCN(S(=O)(=O)c2ccc(NC(=O)c3cccc(I)c3)cc2)C1. The van der Waals surface area contributed by atoms with Crippen molar-refractivity contribution < 1.29 is 13.2 Å². The molecule has 2 aromatic carbocycles. The maximum atomic E-state index is 12.8. The largest absolute Gasteiger partial charge is 0.322 e. The molecule has 138 valence electrons. The molecule has 0 saturated carbocycles. The van der Waals surface area contributed by atoms with Crippen molar-refractivity contribution in [1.29, 1.82) is 0 Å². The molecule has 3 rings (SSSR count). The molecular weight excluding hydrogens is 463 g/mol. The van der Waals surface area contributed by atoms with Crippen LogP contribution in [0.2, 0.25) is 0 Å². The molecular formula is C19H21IN2O3S. The normalized spacial score (nSPS) is 18.5. The molecule has 1 N–H and O–H groups in total. The minimum atomic E-state index is -3.48. The molecule has 1 atom stereocenters. The van der Waals surface area contributed by atoms with Crippen LogP contribution in [0, 0.1) is 9.49 Å². The first-order valence-corrected chi connectivity index (χ1v) is 11.1. The van der Waals surface area contributed by atoms with Crippen LogP contribution in [-0.2, 0) is 10.0 Å². The molecule has 26 heavy (non-hydrogen) atoms. The van der Waals surface area contributed by atoms with E-state index in [0.717, 1.165) is 16.4 Å². The third-order valence-corrected chi connectivity index (χ3v) is 7.01. The van der Waals surface area contributed by atoms with Gasteiger partial charge in [0.1, 0.15) is 0 Å². The number of rotatable bonds is 4. The lowest BCUT2D eigenvalue weighted by Crippen LogP contribution is -2.39. The van der Waals surface area contributed by atoms with Gasteiger partial charge >= 0.3 is 0 Å². The van der Waals surface area contributed by atoms with Crippen LogP contribution >= 0.6 is 22.6 Å². The van der Waals surface area contributed by atoms with Crippen LogP contribution in [0.5, 0.6) is 0 Å². The number of sulfonamides is 1. The number of carbonyl (C=O) groups is 1. The molecule has 1 aliphatic heterocycles. The summed E-state index contributed by atoms with van der Waals surface area (Å²) in [6.07, 6.45) is 1.96. The Morgan fingerprint density at radius 2 is 1.92 bits per heavy atom. The Kier molecular flexibility index (Phi) is 5.99. The average molecular weight is 484 g/mol. The molecule has 1 fully saturated rings. The molecule has 1 heterocycles. The molecule has 1 unspecified atom stereocenters. The highest BCUT2D eigenvalue weighted by atomic mass is 127. The van der Waals surface area contributed by atoms with Crippen molar-refractivity contribution in [3.05, 3.63) is 57.7 Å². The summed E-state index contributed by atoms with van der Waals surface area (Å²) in [5.74, 6) is 0.162. The zero-order chi connectivity index (χ0) is 18.7. The standard InChI is InChI=1S/C19H21IN2O3S/c1-14-4-3-11-22(13-14)26(24,25)18-9-7-17(8-10-18)21-19(23)15-5-2-6-16(20)12-15/h2,5-10,12,14H,3-4,11,13H2,1H3,(H,21,23). The second kappa shape index (κ2) is 8.06. The number of anilines is 1. The van der Waals surface area contributed by atoms with Crippen molar-refractivity contribution in [3.8, 4) is 0 Å². The van der Waals surface area contributed by atoms with Crippen LogP contribution in [0.4, 0.5) is 5.69 Å². The number of benzene rings is 2. The maximum absolute atomic E-state index is 12.8. The molecule has 2 aromatic rings. The second-order valence-corrected chi connectivity index (χ2v) is 9.78. The fourth-order valence-electron chi connectivity index (χ4n) is 3.06. The fraction of sp³-hybridized carbons (Fsp3) is 0.316. The van der Waals surface area contributed by atoms with Gasteiger partial charge in [0.15, 0.2) is 0 Å². The molecule has 0 spiro atoms. The van der Waals surface area contributed by atoms with Crippen LogP contribution < -0.4 is 5.32 Å². The van der Waals surface area contributed by atoms with Gasteiger partial charge in [-0.1, -0.05) is 13.0 Å². The smallest absolute Gasteiger partial charge is 0.255 e. The predicted octanol–water partition coefficient (Wildman–Crippen LogP) is 3.96. The lowest BCUT2D eigenvalue weighted by atomic mass is 10.0. The van der Waals surface area contributed by atoms with Gasteiger partial charge in [0.05, 0.1) is 4.90 Å². The summed E-state index contributed by atoms with van der Waals surface area (Å²) in [5.41, 5.74) is 1.13. The minimum absolute atomic E-state index is 0.219. The van der Waals surface area contributed by atoms with Gasteiger partial charge in [-0.15, -0.1) is 0 Å². The second-order valence-electron chi connectivity index (χ2n) is 6.60. The van der Waals surface area contributed by atoms with Gasteiger partial charge in [0, 0.05) is 27.9 Å². The summed E-state index contributed by atoms with van der Waals surface area (Å²) in [6.45, 7) is 3.20. The van der Waals surface area contributed by atoms with Gasteiger partial charge in [-0.2, -0.15) is 4.31 Å². The van der Waals surface area contributed by atoms with Crippen LogP contribution in [0.3, 0.4) is 0 Å². The number of hydrogen-bond acceptors (Lipinski definition) is 3. The molecule has 1 amide bonds. The van der Waals surface area contributed by atoms with E-state index in [-0.39, 0.29) is 10.8 Å². The molecule has 0 radical (unpaired) electrons. The predicted molar refractivity (Wildman–Crippen MR) is 111 cm³/mol. The van der Waals surface area contributed by atoms with Gasteiger partial charge in [0.2, 0.25) is 10.0 Å². The fourth-order valence-corrected chi connectivity index (χ4v) is 5.20. The van der Waals surface area contributed by atoms with Gasteiger partial charge in [-0.3, -0.25) is 4.79 Å². The van der Waals surface area contributed by atoms with Crippen LogP contribution in [0.25, 0.3) is 0 Å². The van der Waals surface area contributed by atoms with Crippen LogP contribution in [0.1, 0.15) is 30.1 Å². The Labute approximate surface area is 168 Å². The van der Waals surface area contributed by atoms with E-state index in [1.54, 1.807) is 40.7 Å². The van der Waals surface area contributed by atoms with Crippen molar-refractivity contribution >= 4 is 44.2 Å². The highest BCUT2D eigenvalue weighted by Crippen LogP contribution is 2.24. The third-order valence-electron chi connectivity index (χ3n) is 4.46. The zero-order valence-electron chi connectivity index (χ0n) is 14.5. The van der Waals surface area contributed by atoms with Gasteiger partial charge in [0.25, 0.3) is 5.91 Å². The minimum Gasteiger partial charge on any atom is -0.322 e. The van der Waals surface area contributed by atoms with E-state index in [9.17, 15) is 13.2 Å². The number of amides is 1. The highest BCUT2D eigenvalue weighted by molar-refractivity contribution is 14.1. The summed E-state index contributed by atoms with van der Waals surface area (Å²) in [7, 11) is -3.48. The first-order valence-electron chi connectivity index (χ1n) is 8.53. The Bertz CT molecular complexity index is 897. The first kappa shape index (κ1) is 19.3. The van der Waals surface area contributed by atoms with Gasteiger partial charge in [-0.05, 0) is 83.8 Å². The summed E-state index contributed by atoms with van der Waals surface area (Å²) in [5, 5.41) is 2.80. The van der Waals surface area contributed by atoms with E-state index in [0.29, 0.717) is 30.3 Å². The zero-order valence-corrected chi connectivity index (χ0v) is 17.5. The van der Waals surface area contributed by atoms with Crippen molar-refractivity contribution in [2.75, 3.05) is 18.4 Å². The lowest BCUT2D eigenvalue weighted by molar-refractivity contribution is 0.102. The quantitative estimate of drug-likeness (QED) is 0.669. The van der Waals surface area contributed by atoms with Crippen LogP contribution in [0.15, 0.2) is 53.4 Å². The van der Waals surface area contributed by atoms with Gasteiger partial charge < -0.3 is 5.32 Å². The molecule has 1 aliphatic rings. The Balaban J connectivity index is 1.73. The number of carbonyl (C=O) groups excluding carboxylic acids is 1. The molecule has 0 aromatic heterocycles. The number of nitrogens with zero attached hydrogens (tertiary/aromatic N) is 1. The van der Waals surface area contributed by atoms with E-state index < -0.39 is 10.0 Å². The number of nitrogens with one attached hydrogen (secondary N) is 1. The van der Waals surface area contributed by atoms with E-state index >= 15 is 0 Å². The number of halogens is 1. The Hall–Kier alpha value is -1.45. The summed E-state index contributed by atoms with van der Waals surface area (Å²) < 4.78 is 28.1. The highest BCUT2D eigenvalue weighted by Gasteiger charge is 2.28. The Morgan fingerprint density at radius 3 is 2.58 bits per heavy atom. The maximum Gasteiger partial charge on any atom is 0.255 e. The van der Waals surface area contributed by atoms with Crippen molar-refractivity contribution in [2.45, 2.75) is 24.7 Å². The number of hydrogen-bond donors (Lipinski definition) is 1.